The largest absolute Gasteiger partial charge is 0.392 e. The number of aryl methyl sites for hydroxylation is 2. The summed E-state index contributed by atoms with van der Waals surface area (Å²) < 4.78 is 0. The van der Waals surface area contributed by atoms with E-state index in [0.29, 0.717) is 22.5 Å². The number of aromatic nitrogens is 4. The second kappa shape index (κ2) is 6.89. The van der Waals surface area contributed by atoms with Gasteiger partial charge in [0.1, 0.15) is 0 Å². The van der Waals surface area contributed by atoms with Gasteiger partial charge in [-0.1, -0.05) is 7.92 Å². The summed E-state index contributed by atoms with van der Waals surface area (Å²) in [6.45, 7) is 3.21. The summed E-state index contributed by atoms with van der Waals surface area (Å²) in [6.07, 6.45) is 0.314. The molecule has 2 aromatic rings. The van der Waals surface area contributed by atoms with Crippen LogP contribution in [-0.2, 0) is 12.3 Å². The Labute approximate surface area is 130 Å². The zero-order valence-electron chi connectivity index (χ0n) is 12.6. The first-order chi connectivity index (χ1) is 10.8. The highest BCUT2D eigenvalue weighted by Gasteiger charge is 2.17. The quantitative estimate of drug-likeness (QED) is 0.451. The lowest BCUT2D eigenvalue weighted by Crippen LogP contribution is -2.28. The van der Waals surface area contributed by atoms with Crippen molar-refractivity contribution in [2.24, 2.45) is 0 Å². The third-order valence-electron chi connectivity index (χ3n) is 3.47. The maximum Gasteiger partial charge on any atom is 0.325 e. The van der Waals surface area contributed by atoms with E-state index >= 15 is 0 Å². The van der Waals surface area contributed by atoms with Gasteiger partial charge < -0.3 is 15.1 Å². The van der Waals surface area contributed by atoms with Crippen molar-refractivity contribution in [3.63, 3.8) is 0 Å². The van der Waals surface area contributed by atoms with Crippen LogP contribution in [0.15, 0.2) is 19.2 Å². The summed E-state index contributed by atoms with van der Waals surface area (Å²) in [6, 6.07) is 0. The molecule has 0 aliphatic heterocycles. The van der Waals surface area contributed by atoms with Crippen molar-refractivity contribution in [1.82, 2.24) is 19.9 Å². The number of hydrogen-bond acceptors (Lipinski definition) is 5. The van der Waals surface area contributed by atoms with Crippen molar-refractivity contribution in [3.05, 3.63) is 64.2 Å². The van der Waals surface area contributed by atoms with Crippen molar-refractivity contribution < 1.29 is 5.11 Å². The third-order valence-corrected chi connectivity index (χ3v) is 5.40. The Morgan fingerprint density at radius 1 is 0.783 bits per heavy atom. The van der Waals surface area contributed by atoms with Crippen LogP contribution in [-0.4, -0.2) is 31.4 Å². The summed E-state index contributed by atoms with van der Waals surface area (Å²) in [5, 5.41) is 9.58. The molecule has 0 fully saturated rings. The monoisotopic (exact) mass is 340 g/mol. The van der Waals surface area contributed by atoms with Gasteiger partial charge in [0.05, 0.1) is 6.35 Å². The van der Waals surface area contributed by atoms with E-state index in [2.05, 4.69) is 19.9 Å². The molecule has 0 aromatic carbocycles. The van der Waals surface area contributed by atoms with Crippen molar-refractivity contribution >= 4 is 7.92 Å². The van der Waals surface area contributed by atoms with E-state index in [4.69, 9.17) is 0 Å². The SMILES string of the molecule is Cc1[nH]c(=O)[nH]c(=O)c1CP(CO)Cc1c(C)[nH]c(=O)[nH]c1=O. The Hall–Kier alpha value is -2.25. The first-order valence-electron chi connectivity index (χ1n) is 6.79. The minimum atomic E-state index is -1.12. The van der Waals surface area contributed by atoms with Crippen LogP contribution in [0.4, 0.5) is 0 Å². The van der Waals surface area contributed by atoms with Gasteiger partial charge in [0.15, 0.2) is 0 Å². The first kappa shape index (κ1) is 17.1. The van der Waals surface area contributed by atoms with E-state index in [9.17, 15) is 24.3 Å². The van der Waals surface area contributed by atoms with Crippen LogP contribution in [0.3, 0.4) is 0 Å². The number of aliphatic hydroxyl groups is 1. The molecule has 2 aromatic heterocycles. The van der Waals surface area contributed by atoms with E-state index in [1.807, 2.05) is 0 Å². The average molecular weight is 340 g/mol. The highest BCUT2D eigenvalue weighted by atomic mass is 31.1. The highest BCUT2D eigenvalue weighted by molar-refractivity contribution is 7.55. The predicted octanol–water partition coefficient (Wildman–Crippen LogP) is -0.811. The number of aliphatic hydroxyl groups excluding tert-OH is 1. The molecular formula is C13H17N4O5P. The molecule has 0 amide bonds. The lowest BCUT2D eigenvalue weighted by molar-refractivity contribution is 0.369. The molecule has 0 atom stereocenters. The van der Waals surface area contributed by atoms with Gasteiger partial charge in [-0.25, -0.2) is 9.59 Å². The van der Waals surface area contributed by atoms with E-state index in [1.165, 1.54) is 0 Å². The smallest absolute Gasteiger partial charge is 0.325 e. The van der Waals surface area contributed by atoms with Crippen molar-refractivity contribution in [3.8, 4) is 0 Å². The summed E-state index contributed by atoms with van der Waals surface area (Å²) in [7, 11) is -1.12. The maximum absolute atomic E-state index is 11.9. The predicted molar refractivity (Wildman–Crippen MR) is 86.3 cm³/mol. The number of aromatic amines is 4. The van der Waals surface area contributed by atoms with E-state index in [-0.39, 0.29) is 18.7 Å². The number of H-pyrrole nitrogens is 4. The fraction of sp³-hybridized carbons (Fsp3) is 0.385. The standard InChI is InChI=1S/C13H17N4O5P/c1-6-8(10(19)16-12(21)14-6)3-23(5-18)4-9-7(2)15-13(22)17-11(9)20/h18H,3-5H2,1-2H3,(H2,14,16,19,21)(H2,15,17,20,22). The van der Waals surface area contributed by atoms with Gasteiger partial charge in [-0.3, -0.25) is 19.6 Å². The van der Waals surface area contributed by atoms with E-state index in [1.54, 1.807) is 13.8 Å². The van der Waals surface area contributed by atoms with Gasteiger partial charge in [-0.15, -0.1) is 0 Å². The first-order valence-corrected chi connectivity index (χ1v) is 8.69. The van der Waals surface area contributed by atoms with Crippen LogP contribution < -0.4 is 22.5 Å². The van der Waals surface area contributed by atoms with Gasteiger partial charge in [-0.05, 0) is 13.8 Å². The molecule has 10 heteroatoms. The van der Waals surface area contributed by atoms with Crippen LogP contribution in [0, 0.1) is 13.8 Å². The van der Waals surface area contributed by atoms with Crippen LogP contribution in [0.2, 0.25) is 0 Å². The molecule has 2 heterocycles. The Morgan fingerprint density at radius 3 is 1.48 bits per heavy atom. The molecule has 0 aliphatic carbocycles. The third kappa shape index (κ3) is 3.94. The van der Waals surface area contributed by atoms with Crippen molar-refractivity contribution in [2.45, 2.75) is 26.2 Å². The molecule has 5 N–H and O–H groups in total. The molecule has 9 nitrogen and oxygen atoms in total. The molecule has 0 saturated carbocycles. The summed E-state index contributed by atoms with van der Waals surface area (Å²) in [4.78, 5) is 55.5. The number of hydrogen-bond donors (Lipinski definition) is 5. The zero-order valence-corrected chi connectivity index (χ0v) is 13.5. The lowest BCUT2D eigenvalue weighted by atomic mass is 10.3. The van der Waals surface area contributed by atoms with Crippen LogP contribution >= 0.6 is 7.92 Å². The Kier molecular flexibility index (Phi) is 5.12. The number of nitrogens with one attached hydrogen (secondary N) is 4. The second-order valence-electron chi connectivity index (χ2n) is 5.15. The molecule has 23 heavy (non-hydrogen) atoms. The van der Waals surface area contributed by atoms with Gasteiger partial charge in [-0.2, -0.15) is 0 Å². The van der Waals surface area contributed by atoms with Gasteiger partial charge >= 0.3 is 11.4 Å². The van der Waals surface area contributed by atoms with Crippen LogP contribution in [0.25, 0.3) is 0 Å². The summed E-state index contributed by atoms with van der Waals surface area (Å²) in [5.41, 5.74) is -0.543. The van der Waals surface area contributed by atoms with E-state index in [0.717, 1.165) is 0 Å². The fourth-order valence-corrected chi connectivity index (χ4v) is 4.20. The molecule has 2 rings (SSSR count). The van der Waals surface area contributed by atoms with Crippen molar-refractivity contribution in [1.29, 1.82) is 0 Å². The highest BCUT2D eigenvalue weighted by Crippen LogP contribution is 2.41. The Morgan fingerprint density at radius 2 is 1.17 bits per heavy atom. The zero-order chi connectivity index (χ0) is 17.1. The molecular weight excluding hydrogens is 323 g/mol. The normalized spacial score (nSPS) is 11.1. The summed E-state index contributed by atoms with van der Waals surface area (Å²) in [5.74, 6) is 0. The average Bonchev–Trinajstić information content (AvgIpc) is 2.44. The molecule has 0 bridgehead atoms. The van der Waals surface area contributed by atoms with E-state index < -0.39 is 30.4 Å². The van der Waals surface area contributed by atoms with Gasteiger partial charge in [0.25, 0.3) is 11.1 Å². The minimum Gasteiger partial charge on any atom is -0.392 e. The summed E-state index contributed by atoms with van der Waals surface area (Å²) >= 11 is 0. The Balaban J connectivity index is 2.33. The molecule has 0 aliphatic rings. The van der Waals surface area contributed by atoms with Gasteiger partial charge in [0, 0.05) is 34.8 Å². The molecule has 0 radical (unpaired) electrons. The molecule has 0 spiro atoms. The molecule has 124 valence electrons. The molecule has 0 saturated heterocycles. The second-order valence-corrected chi connectivity index (χ2v) is 7.41. The lowest BCUT2D eigenvalue weighted by Gasteiger charge is -2.16. The van der Waals surface area contributed by atoms with Gasteiger partial charge in [0.2, 0.25) is 0 Å². The van der Waals surface area contributed by atoms with Crippen LogP contribution in [0.1, 0.15) is 22.5 Å². The topological polar surface area (TPSA) is 152 Å². The van der Waals surface area contributed by atoms with Crippen molar-refractivity contribution in [2.75, 3.05) is 6.35 Å². The minimum absolute atomic E-state index is 0.189. The Bertz CT molecular complexity index is 863. The fourth-order valence-electron chi connectivity index (χ4n) is 2.24. The maximum atomic E-state index is 11.9. The number of rotatable bonds is 5. The van der Waals surface area contributed by atoms with Crippen LogP contribution in [0.5, 0.6) is 0 Å². The molecule has 0 unspecified atom stereocenters.